The molecule has 0 aliphatic rings. The Balaban J connectivity index is 1.98. The molecule has 0 heterocycles. The van der Waals surface area contributed by atoms with Crippen LogP contribution < -0.4 is 10.6 Å². The molecule has 0 aliphatic carbocycles. The summed E-state index contributed by atoms with van der Waals surface area (Å²) in [5.74, 6) is -0.0468. The lowest BCUT2D eigenvalue weighted by atomic mass is 10.1. The van der Waals surface area contributed by atoms with E-state index in [-0.39, 0.29) is 11.9 Å². The van der Waals surface area contributed by atoms with Crippen LogP contribution in [0.5, 0.6) is 0 Å². The highest BCUT2D eigenvalue weighted by Gasteiger charge is 2.12. The zero-order chi connectivity index (χ0) is 14.5. The Morgan fingerprint density at radius 1 is 0.950 bits per heavy atom. The lowest BCUT2D eigenvalue weighted by molar-refractivity contribution is -0.116. The van der Waals surface area contributed by atoms with Crippen molar-refractivity contribution in [2.24, 2.45) is 0 Å². The monoisotopic (exact) mass is 268 g/mol. The molecule has 0 spiro atoms. The molecule has 0 saturated carbocycles. The molecule has 0 unspecified atom stereocenters. The Labute approximate surface area is 120 Å². The molecule has 2 aromatic rings. The van der Waals surface area contributed by atoms with Crippen molar-refractivity contribution >= 4 is 17.3 Å². The smallest absolute Gasteiger partial charge is 0.246 e. The van der Waals surface area contributed by atoms with E-state index in [0.717, 1.165) is 11.4 Å². The van der Waals surface area contributed by atoms with Crippen LogP contribution in [0.2, 0.25) is 0 Å². The number of aryl methyl sites for hydroxylation is 2. The van der Waals surface area contributed by atoms with E-state index in [9.17, 15) is 4.79 Å². The summed E-state index contributed by atoms with van der Waals surface area (Å²) in [5, 5.41) is 6.10. The van der Waals surface area contributed by atoms with Crippen LogP contribution >= 0.6 is 0 Å². The number of hydrogen-bond donors (Lipinski definition) is 2. The fourth-order valence-electron chi connectivity index (χ4n) is 1.92. The molecular formula is C17H20N2O. The van der Waals surface area contributed by atoms with Crippen molar-refractivity contribution in [2.45, 2.75) is 26.8 Å². The Hall–Kier alpha value is -2.29. The minimum Gasteiger partial charge on any atom is -0.374 e. The maximum atomic E-state index is 12.1. The zero-order valence-corrected chi connectivity index (χ0v) is 12.1. The number of nitrogens with one attached hydrogen (secondary N) is 2. The van der Waals surface area contributed by atoms with Crippen molar-refractivity contribution in [2.75, 3.05) is 10.6 Å². The van der Waals surface area contributed by atoms with Crippen molar-refractivity contribution in [1.82, 2.24) is 0 Å². The van der Waals surface area contributed by atoms with E-state index in [1.807, 2.05) is 43.3 Å². The highest BCUT2D eigenvalue weighted by molar-refractivity contribution is 5.96. The van der Waals surface area contributed by atoms with Gasteiger partial charge < -0.3 is 10.6 Å². The zero-order valence-electron chi connectivity index (χ0n) is 12.1. The summed E-state index contributed by atoms with van der Waals surface area (Å²) in [6.07, 6.45) is 0. The average Bonchev–Trinajstić information content (AvgIpc) is 2.44. The van der Waals surface area contributed by atoms with Crippen LogP contribution in [0.3, 0.4) is 0 Å². The maximum absolute atomic E-state index is 12.1. The maximum Gasteiger partial charge on any atom is 0.246 e. The third-order valence-corrected chi connectivity index (χ3v) is 3.32. The molecule has 2 rings (SSSR count). The van der Waals surface area contributed by atoms with Crippen molar-refractivity contribution < 1.29 is 4.79 Å². The topological polar surface area (TPSA) is 41.1 Å². The quantitative estimate of drug-likeness (QED) is 0.886. The van der Waals surface area contributed by atoms with Crippen molar-refractivity contribution in [3.63, 3.8) is 0 Å². The van der Waals surface area contributed by atoms with Crippen LogP contribution in [0.25, 0.3) is 0 Å². The van der Waals surface area contributed by atoms with Gasteiger partial charge in [0.2, 0.25) is 5.91 Å². The van der Waals surface area contributed by atoms with Crippen LogP contribution in [0, 0.1) is 13.8 Å². The summed E-state index contributed by atoms with van der Waals surface area (Å²) >= 11 is 0. The van der Waals surface area contributed by atoms with Crippen molar-refractivity contribution in [3.05, 3.63) is 59.7 Å². The van der Waals surface area contributed by atoms with Gasteiger partial charge in [-0.25, -0.2) is 0 Å². The molecule has 3 heteroatoms. The highest BCUT2D eigenvalue weighted by Crippen LogP contribution is 2.15. The summed E-state index contributed by atoms with van der Waals surface area (Å²) in [7, 11) is 0. The largest absolute Gasteiger partial charge is 0.374 e. The Morgan fingerprint density at radius 2 is 1.65 bits per heavy atom. The van der Waals surface area contributed by atoms with Crippen LogP contribution in [0.15, 0.2) is 48.5 Å². The number of rotatable bonds is 4. The molecule has 3 nitrogen and oxygen atoms in total. The summed E-state index contributed by atoms with van der Waals surface area (Å²) in [6.45, 7) is 5.99. The van der Waals surface area contributed by atoms with E-state index in [1.165, 1.54) is 11.1 Å². The van der Waals surface area contributed by atoms with Gasteiger partial charge in [0.25, 0.3) is 0 Å². The molecule has 2 N–H and O–H groups in total. The summed E-state index contributed by atoms with van der Waals surface area (Å²) < 4.78 is 0. The molecule has 0 fully saturated rings. The summed E-state index contributed by atoms with van der Waals surface area (Å²) in [5.41, 5.74) is 4.23. The van der Waals surface area contributed by atoms with Gasteiger partial charge in [0.15, 0.2) is 0 Å². The number of benzene rings is 2. The number of para-hydroxylation sites is 1. The van der Waals surface area contributed by atoms with Gasteiger partial charge in [0, 0.05) is 11.4 Å². The highest BCUT2D eigenvalue weighted by atomic mass is 16.2. The first-order valence-corrected chi connectivity index (χ1v) is 6.76. The second-order valence-electron chi connectivity index (χ2n) is 5.02. The molecule has 1 amide bonds. The number of carbonyl (C=O) groups is 1. The van der Waals surface area contributed by atoms with Gasteiger partial charge in [0.1, 0.15) is 6.04 Å². The fraction of sp³-hybridized carbons (Fsp3) is 0.235. The first-order valence-electron chi connectivity index (χ1n) is 6.76. The molecule has 0 aliphatic heterocycles. The summed E-state index contributed by atoms with van der Waals surface area (Å²) in [6, 6.07) is 15.3. The van der Waals surface area contributed by atoms with E-state index in [4.69, 9.17) is 0 Å². The van der Waals surface area contributed by atoms with Crippen molar-refractivity contribution in [3.8, 4) is 0 Å². The molecule has 1 atom stereocenters. The van der Waals surface area contributed by atoms with E-state index in [0.29, 0.717) is 0 Å². The summed E-state index contributed by atoms with van der Waals surface area (Å²) in [4.78, 5) is 12.1. The molecule has 20 heavy (non-hydrogen) atoms. The Morgan fingerprint density at radius 3 is 2.30 bits per heavy atom. The van der Waals surface area contributed by atoms with Gasteiger partial charge in [-0.15, -0.1) is 0 Å². The lowest BCUT2D eigenvalue weighted by Gasteiger charge is -2.16. The number of carbonyl (C=O) groups excluding carboxylic acids is 1. The standard InChI is InChI=1S/C17H20N2O/c1-12-9-10-16(11-13(12)2)18-14(3)17(20)19-15-7-5-4-6-8-15/h4-11,14,18H,1-3H3,(H,19,20)/t14-/m0/s1. The van der Waals surface area contributed by atoms with Crippen LogP contribution in [0.4, 0.5) is 11.4 Å². The third-order valence-electron chi connectivity index (χ3n) is 3.32. The minimum atomic E-state index is -0.294. The number of anilines is 2. The Bertz CT molecular complexity index is 593. The predicted octanol–water partition coefficient (Wildman–Crippen LogP) is 3.74. The van der Waals surface area contributed by atoms with Gasteiger partial charge in [0.05, 0.1) is 0 Å². The van der Waals surface area contributed by atoms with Gasteiger partial charge in [-0.05, 0) is 56.2 Å². The fourth-order valence-corrected chi connectivity index (χ4v) is 1.92. The van der Waals surface area contributed by atoms with Crippen LogP contribution in [-0.4, -0.2) is 11.9 Å². The second-order valence-corrected chi connectivity index (χ2v) is 5.02. The first kappa shape index (κ1) is 14.1. The predicted molar refractivity (Wildman–Crippen MR) is 84.1 cm³/mol. The molecular weight excluding hydrogens is 248 g/mol. The van der Waals surface area contributed by atoms with Crippen molar-refractivity contribution in [1.29, 1.82) is 0 Å². The molecule has 104 valence electrons. The van der Waals surface area contributed by atoms with Gasteiger partial charge in [-0.1, -0.05) is 24.3 Å². The molecule has 0 saturated heterocycles. The van der Waals surface area contributed by atoms with Gasteiger partial charge >= 0.3 is 0 Å². The molecule has 2 aromatic carbocycles. The number of hydrogen-bond acceptors (Lipinski definition) is 2. The molecule has 0 aromatic heterocycles. The first-order chi connectivity index (χ1) is 9.56. The van der Waals surface area contributed by atoms with Gasteiger partial charge in [-0.2, -0.15) is 0 Å². The molecule has 0 bridgehead atoms. The Kier molecular flexibility index (Phi) is 4.41. The van der Waals surface area contributed by atoms with E-state index >= 15 is 0 Å². The lowest BCUT2D eigenvalue weighted by Crippen LogP contribution is -2.31. The molecule has 0 radical (unpaired) electrons. The normalized spacial score (nSPS) is 11.8. The third kappa shape index (κ3) is 3.60. The van der Waals surface area contributed by atoms with E-state index < -0.39 is 0 Å². The van der Waals surface area contributed by atoms with E-state index in [1.54, 1.807) is 0 Å². The SMILES string of the molecule is Cc1ccc(N[C@@H](C)C(=O)Nc2ccccc2)cc1C. The van der Waals surface area contributed by atoms with Crippen LogP contribution in [-0.2, 0) is 4.79 Å². The van der Waals surface area contributed by atoms with Crippen LogP contribution in [0.1, 0.15) is 18.1 Å². The number of amides is 1. The average molecular weight is 268 g/mol. The van der Waals surface area contributed by atoms with E-state index in [2.05, 4.69) is 36.6 Å². The minimum absolute atomic E-state index is 0.0468. The second kappa shape index (κ2) is 6.24. The van der Waals surface area contributed by atoms with Gasteiger partial charge in [-0.3, -0.25) is 4.79 Å².